The zero-order valence-corrected chi connectivity index (χ0v) is 18.7. The number of nitrogens with one attached hydrogen (secondary N) is 1. The Morgan fingerprint density at radius 1 is 1.10 bits per heavy atom. The van der Waals surface area contributed by atoms with Gasteiger partial charge in [-0.1, -0.05) is 12.8 Å². The van der Waals surface area contributed by atoms with Gasteiger partial charge in [-0.15, -0.1) is 0 Å². The van der Waals surface area contributed by atoms with E-state index in [1.54, 1.807) is 12.4 Å². The second kappa shape index (κ2) is 10.6. The smallest absolute Gasteiger partial charge is 0.240 e. The largest absolute Gasteiger partial charge is 0.493 e. The summed E-state index contributed by atoms with van der Waals surface area (Å²) in [6, 6.07) is 8.26. The fraction of sp³-hybridized carbons (Fsp3) is 0.455. The number of sulfonamides is 1. The molecule has 1 aliphatic rings. The van der Waals surface area contributed by atoms with Crippen LogP contribution in [0, 0.1) is 0 Å². The molecule has 1 saturated heterocycles. The Kier molecular flexibility index (Phi) is 7.86. The molecule has 8 nitrogen and oxygen atoms in total. The standard InChI is InChI=1S/C22H29N3O5S/c1-29-20-8-7-18(16-21(20)30-2)31(27,28)24-14-11-22(26)25-15-5-3-4-6-19(25)17-9-12-23-13-10-17/h7-10,12-13,16,19,24H,3-6,11,14-15H2,1-2H3. The normalized spacial score (nSPS) is 17.1. The minimum atomic E-state index is -3.78. The summed E-state index contributed by atoms with van der Waals surface area (Å²) in [7, 11) is -0.852. The van der Waals surface area contributed by atoms with Gasteiger partial charge in [0, 0.05) is 38.0 Å². The Balaban J connectivity index is 1.65. The van der Waals surface area contributed by atoms with Gasteiger partial charge in [0.15, 0.2) is 11.5 Å². The number of ether oxygens (including phenoxy) is 2. The predicted octanol–water partition coefficient (Wildman–Crippen LogP) is 2.91. The highest BCUT2D eigenvalue weighted by molar-refractivity contribution is 7.89. The van der Waals surface area contributed by atoms with Gasteiger partial charge in [-0.3, -0.25) is 9.78 Å². The van der Waals surface area contributed by atoms with Gasteiger partial charge >= 0.3 is 0 Å². The van der Waals surface area contributed by atoms with Crippen LogP contribution in [0.3, 0.4) is 0 Å². The molecule has 0 spiro atoms. The van der Waals surface area contributed by atoms with E-state index >= 15 is 0 Å². The zero-order valence-electron chi connectivity index (χ0n) is 17.9. The second-order valence-electron chi connectivity index (χ2n) is 7.40. The highest BCUT2D eigenvalue weighted by Gasteiger charge is 2.27. The number of aromatic nitrogens is 1. The van der Waals surface area contributed by atoms with Crippen LogP contribution in [0.15, 0.2) is 47.6 Å². The van der Waals surface area contributed by atoms with Crippen LogP contribution in [0.25, 0.3) is 0 Å². The zero-order chi connectivity index (χ0) is 22.3. The molecule has 1 fully saturated rings. The summed E-state index contributed by atoms with van der Waals surface area (Å²) in [6.45, 7) is 0.698. The van der Waals surface area contributed by atoms with Crippen LogP contribution >= 0.6 is 0 Å². The van der Waals surface area contributed by atoms with Gasteiger partial charge in [0.2, 0.25) is 15.9 Å². The lowest BCUT2D eigenvalue weighted by atomic mass is 10.0. The third kappa shape index (κ3) is 5.74. The lowest BCUT2D eigenvalue weighted by Gasteiger charge is -2.30. The number of carbonyl (C=O) groups excluding carboxylic acids is 1. The van der Waals surface area contributed by atoms with Crippen LogP contribution in [-0.2, 0) is 14.8 Å². The summed E-state index contributed by atoms with van der Waals surface area (Å²) in [4.78, 5) is 19.0. The van der Waals surface area contributed by atoms with Crippen LogP contribution in [0.4, 0.5) is 0 Å². The van der Waals surface area contributed by atoms with Gasteiger partial charge in [0.25, 0.3) is 0 Å². The van der Waals surface area contributed by atoms with E-state index < -0.39 is 10.0 Å². The van der Waals surface area contributed by atoms with Gasteiger partial charge in [-0.05, 0) is 42.7 Å². The van der Waals surface area contributed by atoms with Crippen molar-refractivity contribution in [3.05, 3.63) is 48.3 Å². The summed E-state index contributed by atoms with van der Waals surface area (Å²) in [6.07, 6.45) is 7.55. The van der Waals surface area contributed by atoms with Crippen molar-refractivity contribution < 1.29 is 22.7 Å². The molecule has 1 unspecified atom stereocenters. The molecule has 1 aliphatic heterocycles. The van der Waals surface area contributed by atoms with E-state index in [4.69, 9.17) is 9.47 Å². The minimum Gasteiger partial charge on any atom is -0.493 e. The first-order valence-corrected chi connectivity index (χ1v) is 11.9. The molecular weight excluding hydrogens is 418 g/mol. The third-order valence-corrected chi connectivity index (χ3v) is 6.92. The van der Waals surface area contributed by atoms with E-state index in [1.807, 2.05) is 17.0 Å². The van der Waals surface area contributed by atoms with Crippen molar-refractivity contribution in [2.24, 2.45) is 0 Å². The van der Waals surface area contributed by atoms with Gasteiger partial charge < -0.3 is 14.4 Å². The molecule has 0 saturated carbocycles. The van der Waals surface area contributed by atoms with E-state index in [1.165, 1.54) is 32.4 Å². The average molecular weight is 448 g/mol. The maximum Gasteiger partial charge on any atom is 0.240 e. The number of pyridine rings is 1. The van der Waals surface area contributed by atoms with E-state index in [9.17, 15) is 13.2 Å². The Morgan fingerprint density at radius 3 is 2.55 bits per heavy atom. The molecule has 1 aromatic heterocycles. The summed E-state index contributed by atoms with van der Waals surface area (Å²) >= 11 is 0. The number of nitrogens with zero attached hydrogens (tertiary/aromatic N) is 2. The molecule has 0 bridgehead atoms. The third-order valence-electron chi connectivity index (χ3n) is 5.46. The lowest BCUT2D eigenvalue weighted by molar-refractivity contribution is -0.133. The fourth-order valence-electron chi connectivity index (χ4n) is 3.84. The lowest BCUT2D eigenvalue weighted by Crippen LogP contribution is -2.37. The van der Waals surface area contributed by atoms with Crippen molar-refractivity contribution in [3.63, 3.8) is 0 Å². The van der Waals surface area contributed by atoms with Crippen molar-refractivity contribution in [3.8, 4) is 11.5 Å². The predicted molar refractivity (Wildman–Crippen MR) is 117 cm³/mol. The second-order valence-corrected chi connectivity index (χ2v) is 9.16. The number of amides is 1. The average Bonchev–Trinajstić information content (AvgIpc) is 3.05. The number of carbonyl (C=O) groups is 1. The van der Waals surface area contributed by atoms with E-state index in [0.29, 0.717) is 18.0 Å². The molecule has 1 N–H and O–H groups in total. The quantitative estimate of drug-likeness (QED) is 0.668. The van der Waals surface area contributed by atoms with E-state index in [-0.39, 0.29) is 29.8 Å². The van der Waals surface area contributed by atoms with Crippen LogP contribution < -0.4 is 14.2 Å². The van der Waals surface area contributed by atoms with Crippen molar-refractivity contribution in [1.82, 2.24) is 14.6 Å². The van der Waals surface area contributed by atoms with E-state index in [0.717, 1.165) is 31.2 Å². The molecule has 0 radical (unpaired) electrons. The highest BCUT2D eigenvalue weighted by atomic mass is 32.2. The Bertz CT molecular complexity index is 982. The van der Waals surface area contributed by atoms with Gasteiger partial charge in [0.05, 0.1) is 25.2 Å². The first-order valence-electron chi connectivity index (χ1n) is 10.4. The fourth-order valence-corrected chi connectivity index (χ4v) is 4.89. The molecule has 2 heterocycles. The van der Waals surface area contributed by atoms with Crippen LogP contribution in [-0.4, -0.2) is 51.5 Å². The van der Waals surface area contributed by atoms with Crippen molar-refractivity contribution in [2.75, 3.05) is 27.3 Å². The van der Waals surface area contributed by atoms with Crippen molar-refractivity contribution in [1.29, 1.82) is 0 Å². The highest BCUT2D eigenvalue weighted by Crippen LogP contribution is 2.31. The number of hydrogen-bond acceptors (Lipinski definition) is 6. The molecule has 31 heavy (non-hydrogen) atoms. The number of benzene rings is 1. The van der Waals surface area contributed by atoms with Crippen LogP contribution in [0.1, 0.15) is 43.7 Å². The molecule has 3 rings (SSSR count). The summed E-state index contributed by atoms with van der Waals surface area (Å²) < 4.78 is 38.2. The SMILES string of the molecule is COc1ccc(S(=O)(=O)NCCC(=O)N2CCCCCC2c2ccncc2)cc1OC. The number of methoxy groups -OCH3 is 2. The summed E-state index contributed by atoms with van der Waals surface area (Å²) in [5.41, 5.74) is 1.07. The van der Waals surface area contributed by atoms with Crippen molar-refractivity contribution in [2.45, 2.75) is 43.0 Å². The van der Waals surface area contributed by atoms with Gasteiger partial charge in [-0.25, -0.2) is 13.1 Å². The van der Waals surface area contributed by atoms with Crippen molar-refractivity contribution >= 4 is 15.9 Å². The molecule has 1 aromatic carbocycles. The van der Waals surface area contributed by atoms with E-state index in [2.05, 4.69) is 9.71 Å². The van der Waals surface area contributed by atoms with Crippen LogP contribution in [0.5, 0.6) is 11.5 Å². The number of likely N-dealkylation sites (tertiary alicyclic amines) is 1. The Morgan fingerprint density at radius 2 is 1.84 bits per heavy atom. The summed E-state index contributed by atoms with van der Waals surface area (Å²) in [5.74, 6) is 0.713. The Hall–Kier alpha value is -2.65. The van der Waals surface area contributed by atoms with Crippen LogP contribution in [0.2, 0.25) is 0 Å². The molecule has 168 valence electrons. The maximum atomic E-state index is 13.0. The topological polar surface area (TPSA) is 97.8 Å². The molecule has 0 aliphatic carbocycles. The first-order chi connectivity index (χ1) is 15.0. The van der Waals surface area contributed by atoms with Gasteiger partial charge in [-0.2, -0.15) is 0 Å². The Labute approximate surface area is 183 Å². The summed E-state index contributed by atoms with van der Waals surface area (Å²) in [5, 5.41) is 0. The molecule has 1 amide bonds. The van der Waals surface area contributed by atoms with Gasteiger partial charge in [0.1, 0.15) is 0 Å². The number of rotatable bonds is 8. The molecule has 2 aromatic rings. The molecular formula is C22H29N3O5S. The number of hydrogen-bond donors (Lipinski definition) is 1. The molecule has 1 atom stereocenters. The molecule has 9 heteroatoms. The maximum absolute atomic E-state index is 13.0. The first kappa shape index (κ1) is 23.0. The minimum absolute atomic E-state index is 0.000423. The monoisotopic (exact) mass is 447 g/mol.